The number of likely N-dealkylation sites (tertiary alicyclic amines) is 1. The van der Waals surface area contributed by atoms with Crippen LogP contribution in [0.25, 0.3) is 0 Å². The fraction of sp³-hybridized carbons (Fsp3) is 0.632. The average molecular weight is 348 g/mol. The maximum atomic E-state index is 13.3. The van der Waals surface area contributed by atoms with Gasteiger partial charge in [0.25, 0.3) is 0 Å². The summed E-state index contributed by atoms with van der Waals surface area (Å²) in [6, 6.07) is 7.71. The molecule has 0 aromatic heterocycles. The van der Waals surface area contributed by atoms with Gasteiger partial charge in [0.2, 0.25) is 5.91 Å². The summed E-state index contributed by atoms with van der Waals surface area (Å²) < 4.78 is 6.25. The number of rotatable bonds is 3. The van der Waals surface area contributed by atoms with E-state index in [0.29, 0.717) is 17.5 Å². The van der Waals surface area contributed by atoms with E-state index in [9.17, 15) is 9.90 Å². The van der Waals surface area contributed by atoms with Gasteiger partial charge < -0.3 is 14.7 Å². The highest BCUT2D eigenvalue weighted by molar-refractivity contribution is 6.30. The molecule has 0 radical (unpaired) electrons. The molecule has 1 aromatic carbocycles. The van der Waals surface area contributed by atoms with Crippen molar-refractivity contribution in [3.63, 3.8) is 0 Å². The largest absolute Gasteiger partial charge is 0.396 e. The number of aliphatic hydroxyl groups is 1. The first-order valence-corrected chi connectivity index (χ1v) is 9.30. The zero-order valence-corrected chi connectivity index (χ0v) is 14.3. The van der Waals surface area contributed by atoms with Gasteiger partial charge in [-0.25, -0.2) is 0 Å². The third kappa shape index (κ3) is 1.91. The van der Waals surface area contributed by atoms with E-state index in [1.165, 1.54) is 0 Å². The highest BCUT2D eigenvalue weighted by Gasteiger charge is 2.65. The molecular formula is C19H22ClNO3. The Morgan fingerprint density at radius 2 is 2.04 bits per heavy atom. The van der Waals surface area contributed by atoms with Gasteiger partial charge in [-0.3, -0.25) is 4.79 Å². The summed E-state index contributed by atoms with van der Waals surface area (Å²) in [5, 5.41) is 10.4. The molecule has 3 aliphatic heterocycles. The summed E-state index contributed by atoms with van der Waals surface area (Å²) in [4.78, 5) is 15.3. The number of nitrogens with zero attached hydrogens (tertiary/aromatic N) is 1. The second-order valence-electron chi connectivity index (χ2n) is 7.99. The maximum Gasteiger partial charge on any atom is 0.233 e. The van der Waals surface area contributed by atoms with Gasteiger partial charge >= 0.3 is 0 Å². The van der Waals surface area contributed by atoms with Gasteiger partial charge in [0.05, 0.1) is 23.7 Å². The molecule has 2 bridgehead atoms. The van der Waals surface area contributed by atoms with Crippen LogP contribution in [0.3, 0.4) is 0 Å². The first kappa shape index (κ1) is 15.2. The van der Waals surface area contributed by atoms with Crippen molar-refractivity contribution in [3.05, 3.63) is 34.9 Å². The summed E-state index contributed by atoms with van der Waals surface area (Å²) in [6.45, 7) is 1.59. The van der Waals surface area contributed by atoms with Crippen LogP contribution in [0.1, 0.15) is 31.2 Å². The molecule has 1 N–H and O–H groups in total. The molecule has 128 valence electrons. The summed E-state index contributed by atoms with van der Waals surface area (Å²) in [5.41, 5.74) is 0.534. The third-order valence-corrected chi connectivity index (χ3v) is 7.09. The van der Waals surface area contributed by atoms with Crippen LogP contribution in [0.4, 0.5) is 0 Å². The Morgan fingerprint density at radius 1 is 1.29 bits per heavy atom. The van der Waals surface area contributed by atoms with E-state index in [1.807, 2.05) is 29.2 Å². The Hall–Kier alpha value is -1.10. The summed E-state index contributed by atoms with van der Waals surface area (Å²) in [7, 11) is 0. The fourth-order valence-corrected chi connectivity index (χ4v) is 5.54. The molecule has 1 spiro atoms. The second kappa shape index (κ2) is 4.96. The van der Waals surface area contributed by atoms with Crippen molar-refractivity contribution in [2.45, 2.75) is 42.8 Å². The Labute approximate surface area is 146 Å². The standard InChI is InChI=1S/C19H22ClNO3/c20-13-3-1-12(2-4-13)18(7-8-18)17(23)21-9-15-14(10-22)16-5-6-19(15,11-21)24-16/h1-4,14-16,22H,5-11H2/t14-,15+,16+,19+/m0/s1. The quantitative estimate of drug-likeness (QED) is 0.913. The lowest BCUT2D eigenvalue weighted by Gasteiger charge is -2.27. The zero-order valence-electron chi connectivity index (χ0n) is 13.6. The van der Waals surface area contributed by atoms with Gasteiger partial charge in [0.15, 0.2) is 0 Å². The minimum Gasteiger partial charge on any atom is -0.396 e. The van der Waals surface area contributed by atoms with Crippen LogP contribution >= 0.6 is 11.6 Å². The molecule has 1 amide bonds. The van der Waals surface area contributed by atoms with E-state index in [1.54, 1.807) is 0 Å². The van der Waals surface area contributed by atoms with Gasteiger partial charge in [-0.2, -0.15) is 0 Å². The number of hydrogen-bond acceptors (Lipinski definition) is 3. The van der Waals surface area contributed by atoms with Gasteiger partial charge in [-0.05, 0) is 43.4 Å². The Morgan fingerprint density at radius 3 is 2.71 bits per heavy atom. The van der Waals surface area contributed by atoms with E-state index in [-0.39, 0.29) is 35.6 Å². The number of carbonyl (C=O) groups excluding carboxylic acids is 1. The molecule has 5 heteroatoms. The number of halogens is 1. The van der Waals surface area contributed by atoms with Crippen molar-refractivity contribution in [1.29, 1.82) is 0 Å². The van der Waals surface area contributed by atoms with Gasteiger partial charge in [-0.15, -0.1) is 0 Å². The molecule has 24 heavy (non-hydrogen) atoms. The molecule has 4 fully saturated rings. The van der Waals surface area contributed by atoms with Crippen molar-refractivity contribution in [2.75, 3.05) is 19.7 Å². The number of amides is 1. The lowest BCUT2D eigenvalue weighted by molar-refractivity contribution is -0.134. The highest BCUT2D eigenvalue weighted by Crippen LogP contribution is 2.57. The Kier molecular flexibility index (Phi) is 3.14. The topological polar surface area (TPSA) is 49.8 Å². The monoisotopic (exact) mass is 347 g/mol. The second-order valence-corrected chi connectivity index (χ2v) is 8.42. The number of ether oxygens (including phenoxy) is 1. The fourth-order valence-electron chi connectivity index (χ4n) is 5.41. The first-order chi connectivity index (χ1) is 11.6. The lowest BCUT2D eigenvalue weighted by Crippen LogP contribution is -2.41. The van der Waals surface area contributed by atoms with Crippen LogP contribution in [0.5, 0.6) is 0 Å². The smallest absolute Gasteiger partial charge is 0.233 e. The van der Waals surface area contributed by atoms with E-state index in [0.717, 1.165) is 37.8 Å². The molecule has 1 aromatic rings. The minimum absolute atomic E-state index is 0.168. The first-order valence-electron chi connectivity index (χ1n) is 8.92. The average Bonchev–Trinajstić information content (AvgIpc) is 3.03. The van der Waals surface area contributed by atoms with E-state index >= 15 is 0 Å². The molecule has 4 atom stereocenters. The normalized spacial score (nSPS) is 38.4. The summed E-state index contributed by atoms with van der Waals surface area (Å²) in [5.74, 6) is 0.728. The van der Waals surface area contributed by atoms with Crippen LogP contribution in [0, 0.1) is 11.8 Å². The maximum absolute atomic E-state index is 13.3. The molecule has 1 saturated carbocycles. The molecule has 0 unspecified atom stereocenters. The third-order valence-electron chi connectivity index (χ3n) is 6.84. The predicted molar refractivity (Wildman–Crippen MR) is 89.8 cm³/mol. The highest BCUT2D eigenvalue weighted by atomic mass is 35.5. The van der Waals surface area contributed by atoms with Gasteiger partial charge in [0.1, 0.15) is 0 Å². The van der Waals surface area contributed by atoms with Crippen molar-refractivity contribution >= 4 is 17.5 Å². The molecule has 1 aliphatic carbocycles. The van der Waals surface area contributed by atoms with Crippen molar-refractivity contribution < 1.29 is 14.6 Å². The van der Waals surface area contributed by atoms with Crippen molar-refractivity contribution in [2.24, 2.45) is 11.8 Å². The molecule has 5 rings (SSSR count). The number of hydrogen-bond donors (Lipinski definition) is 1. The molecule has 4 aliphatic rings. The molecular weight excluding hydrogens is 326 g/mol. The van der Waals surface area contributed by atoms with E-state index in [2.05, 4.69) is 0 Å². The number of carbonyl (C=O) groups is 1. The Balaban J connectivity index is 1.40. The van der Waals surface area contributed by atoms with Gasteiger partial charge in [0, 0.05) is 30.0 Å². The predicted octanol–water partition coefficient (Wildman–Crippen LogP) is 2.37. The van der Waals surface area contributed by atoms with Gasteiger partial charge in [-0.1, -0.05) is 23.7 Å². The van der Waals surface area contributed by atoms with Crippen LogP contribution in [-0.2, 0) is 14.9 Å². The van der Waals surface area contributed by atoms with Crippen LogP contribution in [-0.4, -0.2) is 47.3 Å². The lowest BCUT2D eigenvalue weighted by atomic mass is 9.74. The zero-order chi connectivity index (χ0) is 16.5. The Bertz CT molecular complexity index is 686. The molecule has 3 heterocycles. The summed E-state index contributed by atoms with van der Waals surface area (Å²) in [6.07, 6.45) is 4.06. The van der Waals surface area contributed by atoms with Crippen LogP contribution in [0.2, 0.25) is 5.02 Å². The van der Waals surface area contributed by atoms with Crippen molar-refractivity contribution in [1.82, 2.24) is 4.90 Å². The SMILES string of the molecule is O=C(N1C[C@@H]2[C@H](CO)[C@H]3CC[C@]2(C1)O3)C1(c2ccc(Cl)cc2)CC1. The molecule has 4 nitrogen and oxygen atoms in total. The van der Waals surface area contributed by atoms with Crippen molar-refractivity contribution in [3.8, 4) is 0 Å². The minimum atomic E-state index is -0.355. The number of fused-ring (bicyclic) bond motifs is 1. The van der Waals surface area contributed by atoms with Crippen LogP contribution < -0.4 is 0 Å². The van der Waals surface area contributed by atoms with E-state index in [4.69, 9.17) is 16.3 Å². The van der Waals surface area contributed by atoms with E-state index < -0.39 is 0 Å². The summed E-state index contributed by atoms with van der Waals surface area (Å²) >= 11 is 5.99. The number of aliphatic hydroxyl groups excluding tert-OH is 1. The number of benzene rings is 1. The van der Waals surface area contributed by atoms with Crippen LogP contribution in [0.15, 0.2) is 24.3 Å². The molecule has 3 saturated heterocycles.